The molecule has 1 aromatic rings. The molecule has 0 bridgehead atoms. The normalized spacial score (nSPS) is 22.8. The van der Waals surface area contributed by atoms with Crippen LogP contribution in [0.5, 0.6) is 5.75 Å². The van der Waals surface area contributed by atoms with Gasteiger partial charge >= 0.3 is 6.18 Å². The van der Waals surface area contributed by atoms with Crippen molar-refractivity contribution in [3.8, 4) is 5.75 Å². The van der Waals surface area contributed by atoms with E-state index in [-0.39, 0.29) is 11.9 Å². The predicted octanol–water partition coefficient (Wildman–Crippen LogP) is 1.70. The van der Waals surface area contributed by atoms with Gasteiger partial charge in [-0.1, -0.05) is 12.1 Å². The van der Waals surface area contributed by atoms with Crippen LogP contribution in [0, 0.1) is 0 Å². The Hall–Kier alpha value is -1.80. The van der Waals surface area contributed by atoms with Gasteiger partial charge in [-0.3, -0.25) is 9.69 Å². The van der Waals surface area contributed by atoms with Crippen molar-refractivity contribution in [1.82, 2.24) is 4.90 Å². The molecule has 0 radical (unpaired) electrons. The number of nitrogens with zero attached hydrogens (tertiary/aromatic N) is 1. The topological polar surface area (TPSA) is 64.8 Å². The molecule has 1 heterocycles. The maximum atomic E-state index is 12.2. The summed E-state index contributed by atoms with van der Waals surface area (Å²) in [6.07, 6.45) is -4.71. The Labute approximate surface area is 132 Å². The number of hydrogen-bond acceptors (Lipinski definition) is 4. The smallest absolute Gasteiger partial charge is 0.422 e. The third-order valence-electron chi connectivity index (χ3n) is 3.58. The Bertz CT molecular complexity index is 551. The average molecular weight is 332 g/mol. The second-order valence-electron chi connectivity index (χ2n) is 5.44. The maximum Gasteiger partial charge on any atom is 0.422 e. The van der Waals surface area contributed by atoms with Crippen molar-refractivity contribution in [2.24, 2.45) is 5.73 Å². The van der Waals surface area contributed by atoms with Crippen LogP contribution in [0.1, 0.15) is 12.5 Å². The fraction of sp³-hybridized carbons (Fsp3) is 0.533. The van der Waals surface area contributed by atoms with Gasteiger partial charge in [0, 0.05) is 13.1 Å². The largest absolute Gasteiger partial charge is 0.484 e. The molecule has 23 heavy (non-hydrogen) atoms. The average Bonchev–Trinajstić information content (AvgIpc) is 2.44. The van der Waals surface area contributed by atoms with Crippen LogP contribution in [0.4, 0.5) is 13.2 Å². The highest BCUT2D eigenvalue weighted by atomic mass is 19.4. The van der Waals surface area contributed by atoms with Gasteiger partial charge in [0.2, 0.25) is 5.91 Å². The van der Waals surface area contributed by atoms with Gasteiger partial charge in [-0.15, -0.1) is 0 Å². The minimum atomic E-state index is -4.38. The van der Waals surface area contributed by atoms with Crippen LogP contribution in [0.25, 0.3) is 0 Å². The number of primary amides is 1. The van der Waals surface area contributed by atoms with Crippen LogP contribution in [0.15, 0.2) is 24.3 Å². The van der Waals surface area contributed by atoms with Gasteiger partial charge in [0.15, 0.2) is 6.61 Å². The lowest BCUT2D eigenvalue weighted by molar-refractivity contribution is -0.153. The van der Waals surface area contributed by atoms with Crippen molar-refractivity contribution < 1.29 is 27.4 Å². The number of morpholine rings is 1. The molecule has 0 spiro atoms. The first-order valence-corrected chi connectivity index (χ1v) is 7.20. The number of carbonyl (C=O) groups excluding carboxylic acids is 1. The lowest BCUT2D eigenvalue weighted by Crippen LogP contribution is -2.56. The molecule has 1 aliphatic rings. The Morgan fingerprint density at radius 3 is 2.87 bits per heavy atom. The first kappa shape index (κ1) is 17.6. The maximum absolute atomic E-state index is 12.2. The van der Waals surface area contributed by atoms with Crippen molar-refractivity contribution >= 4 is 5.91 Å². The molecule has 1 fully saturated rings. The summed E-state index contributed by atoms with van der Waals surface area (Å²) in [5.74, 6) is -0.349. The lowest BCUT2D eigenvalue weighted by Gasteiger charge is -2.37. The third-order valence-corrected chi connectivity index (χ3v) is 3.58. The van der Waals surface area contributed by atoms with Crippen molar-refractivity contribution in [2.75, 3.05) is 19.8 Å². The number of rotatable bonds is 5. The monoisotopic (exact) mass is 332 g/mol. The molecule has 0 saturated carbocycles. The highest BCUT2D eigenvalue weighted by Crippen LogP contribution is 2.22. The summed E-state index contributed by atoms with van der Waals surface area (Å²) in [6.45, 7) is 1.80. The Kier molecular flexibility index (Phi) is 5.48. The van der Waals surface area contributed by atoms with E-state index in [0.29, 0.717) is 19.7 Å². The van der Waals surface area contributed by atoms with Gasteiger partial charge in [0.25, 0.3) is 0 Å². The summed E-state index contributed by atoms with van der Waals surface area (Å²) < 4.78 is 46.8. The molecule has 2 atom stereocenters. The van der Waals surface area contributed by atoms with E-state index in [9.17, 15) is 18.0 Å². The third kappa shape index (κ3) is 5.11. The van der Waals surface area contributed by atoms with E-state index in [4.69, 9.17) is 15.2 Å². The van der Waals surface area contributed by atoms with Gasteiger partial charge in [0.1, 0.15) is 11.8 Å². The highest BCUT2D eigenvalue weighted by molar-refractivity contribution is 5.80. The van der Waals surface area contributed by atoms with Crippen LogP contribution >= 0.6 is 0 Å². The zero-order valence-corrected chi connectivity index (χ0v) is 12.7. The zero-order chi connectivity index (χ0) is 17.0. The standard InChI is InChI=1S/C15H19F3N2O3/c1-10-13(14(19)21)20(5-6-22-10)8-11-3-2-4-12(7-11)23-9-15(16,17)18/h2-4,7,10,13H,5-6,8-9H2,1H3,(H2,19,21)/t10-,13+/m1/s1. The van der Waals surface area contributed by atoms with E-state index in [1.165, 1.54) is 12.1 Å². The summed E-state index contributed by atoms with van der Waals surface area (Å²) in [4.78, 5) is 13.5. The van der Waals surface area contributed by atoms with Crippen molar-refractivity contribution in [2.45, 2.75) is 31.8 Å². The quantitative estimate of drug-likeness (QED) is 0.891. The second kappa shape index (κ2) is 7.18. The van der Waals surface area contributed by atoms with Gasteiger partial charge < -0.3 is 15.2 Å². The van der Waals surface area contributed by atoms with Gasteiger partial charge in [0.05, 0.1) is 12.7 Å². The molecular weight excluding hydrogens is 313 g/mol. The lowest BCUT2D eigenvalue weighted by atomic mass is 10.1. The molecule has 0 unspecified atom stereocenters. The minimum Gasteiger partial charge on any atom is -0.484 e. The van der Waals surface area contributed by atoms with E-state index in [2.05, 4.69) is 0 Å². The van der Waals surface area contributed by atoms with E-state index >= 15 is 0 Å². The number of amides is 1. The minimum absolute atomic E-state index is 0.136. The molecule has 1 amide bonds. The summed E-state index contributed by atoms with van der Waals surface area (Å²) >= 11 is 0. The Morgan fingerprint density at radius 2 is 2.22 bits per heavy atom. The number of halogens is 3. The second-order valence-corrected chi connectivity index (χ2v) is 5.44. The van der Waals surface area contributed by atoms with E-state index in [0.717, 1.165) is 5.56 Å². The molecular formula is C15H19F3N2O3. The summed E-state index contributed by atoms with van der Waals surface area (Å²) in [5, 5.41) is 0. The summed E-state index contributed by atoms with van der Waals surface area (Å²) in [5.41, 5.74) is 6.16. The van der Waals surface area contributed by atoms with Gasteiger partial charge in [-0.05, 0) is 24.6 Å². The first-order chi connectivity index (χ1) is 10.8. The number of carbonyl (C=O) groups is 1. The van der Waals surface area contributed by atoms with Crippen LogP contribution in [0.2, 0.25) is 0 Å². The number of alkyl halides is 3. The zero-order valence-electron chi connectivity index (χ0n) is 12.7. The molecule has 1 aromatic carbocycles. The van der Waals surface area contributed by atoms with Crippen molar-refractivity contribution in [1.29, 1.82) is 0 Å². The molecule has 8 heteroatoms. The summed E-state index contributed by atoms with van der Waals surface area (Å²) in [6, 6.07) is 5.80. The molecule has 0 aliphatic carbocycles. The fourth-order valence-electron chi connectivity index (χ4n) is 2.60. The molecule has 1 aliphatic heterocycles. The number of nitrogens with two attached hydrogens (primary N) is 1. The predicted molar refractivity (Wildman–Crippen MR) is 76.8 cm³/mol. The van der Waals surface area contributed by atoms with Crippen molar-refractivity contribution in [3.05, 3.63) is 29.8 Å². The van der Waals surface area contributed by atoms with E-state index < -0.39 is 24.7 Å². The molecule has 5 nitrogen and oxygen atoms in total. The number of benzene rings is 1. The fourth-order valence-corrected chi connectivity index (χ4v) is 2.60. The molecule has 2 rings (SSSR count). The first-order valence-electron chi connectivity index (χ1n) is 7.20. The van der Waals surface area contributed by atoms with Crippen LogP contribution in [-0.4, -0.2) is 48.9 Å². The van der Waals surface area contributed by atoms with Gasteiger partial charge in [-0.2, -0.15) is 13.2 Å². The molecule has 2 N–H and O–H groups in total. The Morgan fingerprint density at radius 1 is 1.48 bits per heavy atom. The molecule has 0 aromatic heterocycles. The van der Waals surface area contributed by atoms with E-state index in [1.54, 1.807) is 19.1 Å². The van der Waals surface area contributed by atoms with Gasteiger partial charge in [-0.25, -0.2) is 0 Å². The molecule has 1 saturated heterocycles. The number of hydrogen-bond donors (Lipinski definition) is 1. The van der Waals surface area contributed by atoms with Crippen molar-refractivity contribution in [3.63, 3.8) is 0 Å². The highest BCUT2D eigenvalue weighted by Gasteiger charge is 2.33. The SMILES string of the molecule is C[C@H]1OCCN(Cc2cccc(OCC(F)(F)F)c2)[C@@H]1C(N)=O. The molecule has 128 valence electrons. The number of ether oxygens (including phenoxy) is 2. The van der Waals surface area contributed by atoms with E-state index in [1.807, 2.05) is 4.90 Å². The van der Waals surface area contributed by atoms with Crippen LogP contribution in [-0.2, 0) is 16.1 Å². The van der Waals surface area contributed by atoms with Crippen LogP contribution < -0.4 is 10.5 Å². The Balaban J connectivity index is 2.05. The van der Waals surface area contributed by atoms with Crippen LogP contribution in [0.3, 0.4) is 0 Å². The summed E-state index contributed by atoms with van der Waals surface area (Å²) in [7, 11) is 0.